The second kappa shape index (κ2) is 9.86. The van der Waals surface area contributed by atoms with Crippen LogP contribution in [0, 0.1) is 0 Å². The normalized spacial score (nSPS) is 11.7. The number of benzene rings is 2. The van der Waals surface area contributed by atoms with Gasteiger partial charge in [-0.2, -0.15) is 4.98 Å². The molecule has 0 atom stereocenters. The zero-order valence-corrected chi connectivity index (χ0v) is 19.5. The molecule has 2 aromatic carbocycles. The number of hydrogen-bond acceptors (Lipinski definition) is 8. The van der Waals surface area contributed by atoms with Crippen LogP contribution in [-0.4, -0.2) is 39.6 Å². The van der Waals surface area contributed by atoms with Crippen LogP contribution in [-0.2, 0) is 6.54 Å². The van der Waals surface area contributed by atoms with E-state index in [4.69, 9.17) is 21.1 Å². The first-order valence-electron chi connectivity index (χ1n) is 10.8. The van der Waals surface area contributed by atoms with Crippen LogP contribution < -0.4 is 20.1 Å². The van der Waals surface area contributed by atoms with Crippen LogP contribution in [0.1, 0.15) is 15.9 Å². The first-order valence-corrected chi connectivity index (χ1v) is 11.1. The molecule has 0 bridgehead atoms. The Balaban J connectivity index is 1.30. The Morgan fingerprint density at radius 2 is 1.91 bits per heavy atom. The standard InChI is InChI=1S/C25H21ClN6O3/c1-32(14-16-7-10-27-11-8-16)24(33)17-3-2-4-18(13-17)29-25-28-12-9-21(31-25)30-22-19(26)5-6-20-23(22)35-15-34-20/h2-13H,14-15H2,1H3,(H2,28,29,30,31). The highest BCUT2D eigenvalue weighted by Crippen LogP contribution is 2.44. The minimum Gasteiger partial charge on any atom is -0.454 e. The molecule has 5 rings (SSSR count). The molecule has 0 aliphatic carbocycles. The van der Waals surface area contributed by atoms with Crippen molar-refractivity contribution in [3.05, 3.63) is 89.3 Å². The summed E-state index contributed by atoms with van der Waals surface area (Å²) in [6.45, 7) is 0.615. The smallest absolute Gasteiger partial charge is 0.253 e. The molecular formula is C25H21ClN6O3. The summed E-state index contributed by atoms with van der Waals surface area (Å²) in [5.41, 5.74) is 2.80. The summed E-state index contributed by atoms with van der Waals surface area (Å²) in [6, 6.07) is 16.2. The summed E-state index contributed by atoms with van der Waals surface area (Å²) in [5, 5.41) is 6.80. The molecule has 4 aromatic rings. The SMILES string of the molecule is CN(Cc1ccncc1)C(=O)c1cccc(Nc2nccc(Nc3c(Cl)ccc4c3OCO4)n2)c1. The minimum absolute atomic E-state index is 0.100. The lowest BCUT2D eigenvalue weighted by molar-refractivity contribution is 0.0785. The fourth-order valence-corrected chi connectivity index (χ4v) is 3.79. The highest BCUT2D eigenvalue weighted by molar-refractivity contribution is 6.33. The maximum atomic E-state index is 12.9. The number of anilines is 4. The zero-order chi connectivity index (χ0) is 24.2. The van der Waals surface area contributed by atoms with Crippen LogP contribution in [0.3, 0.4) is 0 Å². The molecule has 1 amide bonds. The van der Waals surface area contributed by atoms with Gasteiger partial charge in [0.1, 0.15) is 11.5 Å². The Bertz CT molecular complexity index is 1370. The van der Waals surface area contributed by atoms with Gasteiger partial charge in [-0.05, 0) is 54.1 Å². The molecular weight excluding hydrogens is 468 g/mol. The number of carbonyl (C=O) groups excluding carboxylic acids is 1. The Hall–Kier alpha value is -4.37. The molecule has 1 aliphatic heterocycles. The van der Waals surface area contributed by atoms with E-state index in [0.29, 0.717) is 51.8 Å². The predicted molar refractivity (Wildman–Crippen MR) is 133 cm³/mol. The van der Waals surface area contributed by atoms with Gasteiger partial charge in [0.05, 0.1) is 5.02 Å². The van der Waals surface area contributed by atoms with Crippen LogP contribution in [0.5, 0.6) is 11.5 Å². The lowest BCUT2D eigenvalue weighted by Gasteiger charge is -2.18. The van der Waals surface area contributed by atoms with Gasteiger partial charge in [0, 0.05) is 43.4 Å². The second-order valence-electron chi connectivity index (χ2n) is 7.77. The van der Waals surface area contributed by atoms with E-state index < -0.39 is 0 Å². The van der Waals surface area contributed by atoms with Crippen LogP contribution in [0.4, 0.5) is 23.1 Å². The van der Waals surface area contributed by atoms with E-state index in [0.717, 1.165) is 5.56 Å². The van der Waals surface area contributed by atoms with Crippen LogP contribution in [0.2, 0.25) is 5.02 Å². The molecule has 9 nitrogen and oxygen atoms in total. The summed E-state index contributed by atoms with van der Waals surface area (Å²) < 4.78 is 10.9. The topological polar surface area (TPSA) is 102 Å². The molecule has 0 saturated carbocycles. The van der Waals surface area contributed by atoms with Gasteiger partial charge >= 0.3 is 0 Å². The van der Waals surface area contributed by atoms with Crippen molar-refractivity contribution in [1.29, 1.82) is 0 Å². The fourth-order valence-electron chi connectivity index (χ4n) is 3.59. The summed E-state index contributed by atoms with van der Waals surface area (Å²) in [5.74, 6) is 1.91. The van der Waals surface area contributed by atoms with Gasteiger partial charge in [0.25, 0.3) is 5.91 Å². The summed E-state index contributed by atoms with van der Waals surface area (Å²) in [7, 11) is 1.77. The Kier molecular flexibility index (Phi) is 6.32. The maximum Gasteiger partial charge on any atom is 0.253 e. The minimum atomic E-state index is -0.100. The number of amides is 1. The molecule has 2 aromatic heterocycles. The van der Waals surface area contributed by atoms with Crippen LogP contribution in [0.15, 0.2) is 73.2 Å². The lowest BCUT2D eigenvalue weighted by atomic mass is 10.1. The van der Waals surface area contributed by atoms with E-state index in [-0.39, 0.29) is 12.7 Å². The summed E-state index contributed by atoms with van der Waals surface area (Å²) >= 11 is 6.35. The Morgan fingerprint density at radius 1 is 1.06 bits per heavy atom. The molecule has 1 aliphatic rings. The van der Waals surface area contributed by atoms with E-state index in [2.05, 4.69) is 25.6 Å². The second-order valence-corrected chi connectivity index (χ2v) is 8.18. The number of ether oxygens (including phenoxy) is 2. The van der Waals surface area contributed by atoms with Gasteiger partial charge in [0.15, 0.2) is 11.5 Å². The van der Waals surface area contributed by atoms with Crippen molar-refractivity contribution in [2.75, 3.05) is 24.5 Å². The Labute approximate surface area is 206 Å². The van der Waals surface area contributed by atoms with E-state index in [9.17, 15) is 4.79 Å². The molecule has 0 unspecified atom stereocenters. The van der Waals surface area contributed by atoms with E-state index >= 15 is 0 Å². The van der Waals surface area contributed by atoms with Gasteiger partial charge in [-0.25, -0.2) is 4.98 Å². The number of carbonyl (C=O) groups is 1. The maximum absolute atomic E-state index is 12.9. The molecule has 0 spiro atoms. The molecule has 3 heterocycles. The third-order valence-corrected chi connectivity index (χ3v) is 5.59. The highest BCUT2D eigenvalue weighted by Gasteiger charge is 2.21. The lowest BCUT2D eigenvalue weighted by Crippen LogP contribution is -2.26. The van der Waals surface area contributed by atoms with Gasteiger partial charge in [-0.3, -0.25) is 9.78 Å². The quantitative estimate of drug-likeness (QED) is 0.374. The fraction of sp³-hybridized carbons (Fsp3) is 0.120. The third kappa shape index (κ3) is 5.10. The Morgan fingerprint density at radius 3 is 2.77 bits per heavy atom. The predicted octanol–water partition coefficient (Wildman–Crippen LogP) is 5.01. The molecule has 35 heavy (non-hydrogen) atoms. The highest BCUT2D eigenvalue weighted by atomic mass is 35.5. The number of aromatic nitrogens is 3. The van der Waals surface area contributed by atoms with Gasteiger partial charge in [-0.15, -0.1) is 0 Å². The van der Waals surface area contributed by atoms with E-state index in [1.54, 1.807) is 60.9 Å². The first kappa shape index (κ1) is 22.4. The third-order valence-electron chi connectivity index (χ3n) is 5.28. The van der Waals surface area contributed by atoms with Crippen molar-refractivity contribution >= 4 is 40.6 Å². The van der Waals surface area contributed by atoms with Crippen molar-refractivity contribution in [2.45, 2.75) is 6.54 Å². The van der Waals surface area contributed by atoms with Crippen molar-refractivity contribution in [1.82, 2.24) is 19.9 Å². The molecule has 0 fully saturated rings. The summed E-state index contributed by atoms with van der Waals surface area (Å²) in [6.07, 6.45) is 5.03. The van der Waals surface area contributed by atoms with Gasteiger partial charge < -0.3 is 25.0 Å². The number of hydrogen-bond donors (Lipinski definition) is 2. The molecule has 10 heteroatoms. The van der Waals surface area contributed by atoms with Crippen LogP contribution >= 0.6 is 11.6 Å². The van der Waals surface area contributed by atoms with Crippen molar-refractivity contribution in [3.63, 3.8) is 0 Å². The monoisotopic (exact) mass is 488 g/mol. The summed E-state index contributed by atoms with van der Waals surface area (Å²) in [4.78, 5) is 27.4. The first-order chi connectivity index (χ1) is 17.1. The number of fused-ring (bicyclic) bond motifs is 1. The van der Waals surface area contributed by atoms with Crippen LogP contribution in [0.25, 0.3) is 0 Å². The zero-order valence-electron chi connectivity index (χ0n) is 18.7. The number of nitrogens with one attached hydrogen (secondary N) is 2. The van der Waals surface area contributed by atoms with Crippen molar-refractivity contribution in [2.24, 2.45) is 0 Å². The molecule has 0 saturated heterocycles. The number of rotatable bonds is 7. The van der Waals surface area contributed by atoms with Gasteiger partial charge in [0.2, 0.25) is 12.7 Å². The van der Waals surface area contributed by atoms with Gasteiger partial charge in [-0.1, -0.05) is 17.7 Å². The average Bonchev–Trinajstić information content (AvgIpc) is 3.36. The molecule has 0 radical (unpaired) electrons. The van der Waals surface area contributed by atoms with E-state index in [1.807, 2.05) is 24.3 Å². The number of halogens is 1. The largest absolute Gasteiger partial charge is 0.454 e. The average molecular weight is 489 g/mol. The number of nitrogens with zero attached hydrogens (tertiary/aromatic N) is 4. The van der Waals surface area contributed by atoms with Crippen molar-refractivity contribution in [3.8, 4) is 11.5 Å². The molecule has 176 valence electrons. The molecule has 2 N–H and O–H groups in total. The number of pyridine rings is 1. The van der Waals surface area contributed by atoms with Crippen molar-refractivity contribution < 1.29 is 14.3 Å². The van der Waals surface area contributed by atoms with E-state index in [1.165, 1.54) is 0 Å².